The van der Waals surface area contributed by atoms with Crippen LogP contribution in [-0.2, 0) is 9.96 Å². The zero-order valence-electron chi connectivity index (χ0n) is 22.4. The van der Waals surface area contributed by atoms with Crippen LogP contribution >= 0.6 is 0 Å². The predicted molar refractivity (Wildman–Crippen MR) is 153 cm³/mol. The van der Waals surface area contributed by atoms with E-state index in [2.05, 4.69) is 130 Å². The zero-order chi connectivity index (χ0) is 25.8. The van der Waals surface area contributed by atoms with E-state index in [4.69, 9.17) is 4.43 Å². The summed E-state index contributed by atoms with van der Waals surface area (Å²) >= 11 is 0. The Bertz CT molecular complexity index is 1040. The lowest BCUT2D eigenvalue weighted by molar-refractivity contribution is 0.0896. The molecule has 1 N–H and O–H groups in total. The highest BCUT2D eigenvalue weighted by molar-refractivity contribution is 6.74. The fourth-order valence-electron chi connectivity index (χ4n) is 5.21. The van der Waals surface area contributed by atoms with E-state index in [0.717, 1.165) is 19.5 Å². The quantitative estimate of drug-likeness (QED) is 0.216. The highest BCUT2D eigenvalue weighted by Gasteiger charge is 2.46. The average Bonchev–Trinajstić information content (AvgIpc) is 2.87. The van der Waals surface area contributed by atoms with E-state index in [1.165, 1.54) is 22.3 Å². The van der Waals surface area contributed by atoms with Crippen LogP contribution in [0, 0.1) is 0 Å². The molecule has 1 saturated heterocycles. The SMILES string of the molecule is CC(C)(C)[Si](C)(C)OC1CCN(C(c2ccccc2)(c2ccccc2)c2ccccc2)C/C1=C/CO. The second-order valence-corrected chi connectivity index (χ2v) is 16.1. The average molecular weight is 500 g/mol. The summed E-state index contributed by atoms with van der Waals surface area (Å²) < 4.78 is 6.92. The maximum atomic E-state index is 10.00. The maximum Gasteiger partial charge on any atom is 0.192 e. The summed E-state index contributed by atoms with van der Waals surface area (Å²) in [5.41, 5.74) is 4.46. The van der Waals surface area contributed by atoms with E-state index >= 15 is 0 Å². The Balaban J connectivity index is 1.83. The van der Waals surface area contributed by atoms with E-state index in [1.54, 1.807) is 0 Å². The van der Waals surface area contributed by atoms with Gasteiger partial charge in [-0.25, -0.2) is 0 Å². The molecule has 3 nitrogen and oxygen atoms in total. The van der Waals surface area contributed by atoms with Gasteiger partial charge in [-0.05, 0) is 46.8 Å². The van der Waals surface area contributed by atoms with Gasteiger partial charge >= 0.3 is 0 Å². The van der Waals surface area contributed by atoms with Crippen molar-refractivity contribution in [2.75, 3.05) is 19.7 Å². The molecule has 36 heavy (non-hydrogen) atoms. The van der Waals surface area contributed by atoms with Gasteiger partial charge in [-0.15, -0.1) is 0 Å². The van der Waals surface area contributed by atoms with Crippen molar-refractivity contribution < 1.29 is 9.53 Å². The summed E-state index contributed by atoms with van der Waals surface area (Å²) in [4.78, 5) is 2.58. The lowest BCUT2D eigenvalue weighted by Gasteiger charge is -2.50. The van der Waals surface area contributed by atoms with E-state index < -0.39 is 13.9 Å². The summed E-state index contributed by atoms with van der Waals surface area (Å²) in [7, 11) is -1.96. The van der Waals surface area contributed by atoms with E-state index in [1.807, 2.05) is 6.08 Å². The van der Waals surface area contributed by atoms with Crippen LogP contribution in [0.2, 0.25) is 18.1 Å². The number of benzene rings is 3. The number of likely N-dealkylation sites (tertiary alicyclic amines) is 1. The van der Waals surface area contributed by atoms with E-state index in [9.17, 15) is 5.11 Å². The highest BCUT2D eigenvalue weighted by atomic mass is 28.4. The van der Waals surface area contributed by atoms with Crippen LogP contribution < -0.4 is 0 Å². The van der Waals surface area contributed by atoms with Crippen molar-refractivity contribution in [1.82, 2.24) is 4.90 Å². The second-order valence-electron chi connectivity index (χ2n) is 11.3. The molecule has 0 spiro atoms. The van der Waals surface area contributed by atoms with Crippen LogP contribution in [0.4, 0.5) is 0 Å². The Morgan fingerprint density at radius 3 is 1.67 bits per heavy atom. The number of aliphatic hydroxyl groups excluding tert-OH is 1. The first-order valence-corrected chi connectivity index (χ1v) is 16.0. The largest absolute Gasteiger partial charge is 0.410 e. The molecular formula is C32H41NO2Si. The molecule has 4 heteroatoms. The summed E-state index contributed by atoms with van der Waals surface area (Å²) in [5.74, 6) is 0. The number of hydrogen-bond acceptors (Lipinski definition) is 3. The summed E-state index contributed by atoms with van der Waals surface area (Å²) in [6.07, 6.45) is 2.91. The first-order chi connectivity index (χ1) is 17.2. The molecule has 0 amide bonds. The number of hydrogen-bond donors (Lipinski definition) is 1. The van der Waals surface area contributed by atoms with Crippen LogP contribution in [0.5, 0.6) is 0 Å². The normalized spacial score (nSPS) is 18.9. The third kappa shape index (κ3) is 5.14. The Labute approximate surface area is 218 Å². The zero-order valence-corrected chi connectivity index (χ0v) is 23.4. The summed E-state index contributed by atoms with van der Waals surface area (Å²) in [6.45, 7) is 13.1. The predicted octanol–water partition coefficient (Wildman–Crippen LogP) is 6.99. The molecule has 190 valence electrons. The van der Waals surface area contributed by atoms with Crippen LogP contribution in [0.1, 0.15) is 43.9 Å². The van der Waals surface area contributed by atoms with E-state index in [-0.39, 0.29) is 17.7 Å². The minimum atomic E-state index is -1.96. The van der Waals surface area contributed by atoms with Crippen LogP contribution in [-0.4, -0.2) is 44.1 Å². The third-order valence-electron chi connectivity index (χ3n) is 8.09. The number of nitrogens with zero attached hydrogens (tertiary/aromatic N) is 1. The lowest BCUT2D eigenvalue weighted by Crippen LogP contribution is -2.55. The molecule has 3 aromatic rings. The van der Waals surface area contributed by atoms with Gasteiger partial charge in [0.05, 0.1) is 18.2 Å². The molecule has 0 saturated carbocycles. The molecule has 0 aliphatic carbocycles. The Morgan fingerprint density at radius 1 is 0.833 bits per heavy atom. The van der Waals surface area contributed by atoms with Gasteiger partial charge in [0.15, 0.2) is 8.32 Å². The number of aliphatic hydroxyl groups is 1. The minimum absolute atomic E-state index is 0.0234. The van der Waals surface area contributed by atoms with Crippen molar-refractivity contribution in [3.8, 4) is 0 Å². The van der Waals surface area contributed by atoms with Gasteiger partial charge < -0.3 is 9.53 Å². The second kappa shape index (κ2) is 10.9. The van der Waals surface area contributed by atoms with Crippen molar-refractivity contribution in [2.24, 2.45) is 0 Å². The van der Waals surface area contributed by atoms with Crippen molar-refractivity contribution in [2.45, 2.75) is 57.0 Å². The fraction of sp³-hybridized carbons (Fsp3) is 0.375. The van der Waals surface area contributed by atoms with Gasteiger partial charge in [0.25, 0.3) is 0 Å². The van der Waals surface area contributed by atoms with Gasteiger partial charge in [-0.2, -0.15) is 0 Å². The molecule has 1 fully saturated rings. The summed E-state index contributed by atoms with van der Waals surface area (Å²) in [6, 6.07) is 32.5. The molecule has 1 aliphatic heterocycles. The number of piperidine rings is 1. The molecule has 1 unspecified atom stereocenters. The number of rotatable bonds is 7. The Hall–Kier alpha value is -2.50. The molecule has 1 heterocycles. The minimum Gasteiger partial charge on any atom is -0.410 e. The maximum absolute atomic E-state index is 10.00. The van der Waals surface area contributed by atoms with Gasteiger partial charge in [-0.3, -0.25) is 4.90 Å². The van der Waals surface area contributed by atoms with Crippen molar-refractivity contribution >= 4 is 8.32 Å². The molecule has 0 bridgehead atoms. The highest BCUT2D eigenvalue weighted by Crippen LogP contribution is 2.45. The van der Waals surface area contributed by atoms with Crippen LogP contribution in [0.25, 0.3) is 0 Å². The molecule has 1 aliphatic rings. The van der Waals surface area contributed by atoms with Gasteiger partial charge in [0.2, 0.25) is 0 Å². The molecule has 4 rings (SSSR count). The molecule has 1 atom stereocenters. The van der Waals surface area contributed by atoms with Crippen molar-refractivity contribution in [1.29, 1.82) is 0 Å². The molecule has 0 aromatic heterocycles. The van der Waals surface area contributed by atoms with Gasteiger partial charge in [0.1, 0.15) is 0 Å². The van der Waals surface area contributed by atoms with Crippen molar-refractivity contribution in [3.05, 3.63) is 119 Å². The monoisotopic (exact) mass is 499 g/mol. The lowest BCUT2D eigenvalue weighted by atomic mass is 9.74. The van der Waals surface area contributed by atoms with Crippen molar-refractivity contribution in [3.63, 3.8) is 0 Å². The van der Waals surface area contributed by atoms with Gasteiger partial charge in [0, 0.05) is 13.1 Å². The standard InChI is InChI=1S/C32H41NO2Si/c1-31(2,3)36(4,5)35-30-21-23-33(25-26(30)22-24-34)32(27-15-9-6-10-16-27,28-17-11-7-12-18-28)29-19-13-8-14-20-29/h6-20,22,30,34H,21,23-25H2,1-5H3/b26-22-. The van der Waals surface area contributed by atoms with Gasteiger partial charge in [-0.1, -0.05) is 118 Å². The molecule has 0 radical (unpaired) electrons. The first-order valence-electron chi connectivity index (χ1n) is 13.1. The van der Waals surface area contributed by atoms with Crippen LogP contribution in [0.15, 0.2) is 103 Å². The Morgan fingerprint density at radius 2 is 1.28 bits per heavy atom. The summed E-state index contributed by atoms with van der Waals surface area (Å²) in [5, 5.41) is 10.1. The molecular weight excluding hydrogens is 458 g/mol. The van der Waals surface area contributed by atoms with Crippen LogP contribution in [0.3, 0.4) is 0 Å². The Kier molecular flexibility index (Phi) is 8.01. The smallest absolute Gasteiger partial charge is 0.192 e. The topological polar surface area (TPSA) is 32.7 Å². The van der Waals surface area contributed by atoms with E-state index in [0.29, 0.717) is 0 Å². The molecule has 3 aromatic carbocycles. The first kappa shape index (κ1) is 26.6. The fourth-order valence-corrected chi connectivity index (χ4v) is 6.55. The third-order valence-corrected chi connectivity index (χ3v) is 12.6.